The minimum Gasteiger partial charge on any atom is -0.497 e. The SMILES string of the molecule is CCOC(=O)C=c1sc(=Cc2ccc(OC)cc2OC)c(=O)n1CC(=O)c1ccccc1. The first-order chi connectivity index (χ1) is 15.5. The van der Waals surface area contributed by atoms with Crippen LogP contribution in [0.5, 0.6) is 11.5 Å². The molecule has 0 fully saturated rings. The van der Waals surface area contributed by atoms with Crippen molar-refractivity contribution in [3.8, 4) is 11.5 Å². The van der Waals surface area contributed by atoms with Gasteiger partial charge in [0.15, 0.2) is 5.78 Å². The fourth-order valence-corrected chi connectivity index (χ4v) is 4.04. The van der Waals surface area contributed by atoms with Gasteiger partial charge in [0, 0.05) is 17.2 Å². The maximum Gasteiger partial charge on any atom is 0.333 e. The second-order valence-corrected chi connectivity index (χ2v) is 7.70. The number of rotatable bonds is 8. The Bertz CT molecular complexity index is 1290. The van der Waals surface area contributed by atoms with E-state index in [9.17, 15) is 14.4 Å². The normalized spacial score (nSPS) is 12.0. The lowest BCUT2D eigenvalue weighted by Crippen LogP contribution is -2.34. The third kappa shape index (κ3) is 5.33. The monoisotopic (exact) mass is 453 g/mol. The van der Waals surface area contributed by atoms with E-state index in [0.717, 1.165) is 11.3 Å². The maximum absolute atomic E-state index is 13.2. The van der Waals surface area contributed by atoms with Crippen molar-refractivity contribution in [3.63, 3.8) is 0 Å². The van der Waals surface area contributed by atoms with Gasteiger partial charge in [0.1, 0.15) is 16.2 Å². The molecule has 0 saturated heterocycles. The Morgan fingerprint density at radius 2 is 1.81 bits per heavy atom. The lowest BCUT2D eigenvalue weighted by atomic mass is 10.1. The third-order valence-electron chi connectivity index (χ3n) is 4.59. The minimum atomic E-state index is -0.580. The number of hydrogen-bond acceptors (Lipinski definition) is 7. The molecule has 3 rings (SSSR count). The smallest absolute Gasteiger partial charge is 0.333 e. The van der Waals surface area contributed by atoms with E-state index in [4.69, 9.17) is 14.2 Å². The van der Waals surface area contributed by atoms with Crippen molar-refractivity contribution >= 4 is 35.2 Å². The highest BCUT2D eigenvalue weighted by Gasteiger charge is 2.13. The van der Waals surface area contributed by atoms with Gasteiger partial charge >= 0.3 is 5.97 Å². The Morgan fingerprint density at radius 3 is 2.47 bits per heavy atom. The molecule has 7 nitrogen and oxygen atoms in total. The molecular weight excluding hydrogens is 430 g/mol. The Hall–Kier alpha value is -3.65. The Balaban J connectivity index is 2.13. The topological polar surface area (TPSA) is 83.8 Å². The highest BCUT2D eigenvalue weighted by atomic mass is 32.1. The first-order valence-corrected chi connectivity index (χ1v) is 10.7. The van der Waals surface area contributed by atoms with Crippen LogP contribution in [0.2, 0.25) is 0 Å². The highest BCUT2D eigenvalue weighted by molar-refractivity contribution is 7.07. The summed E-state index contributed by atoms with van der Waals surface area (Å²) in [6.07, 6.45) is 2.90. The molecule has 0 unspecified atom stereocenters. The van der Waals surface area contributed by atoms with E-state index in [-0.39, 0.29) is 24.5 Å². The van der Waals surface area contributed by atoms with Gasteiger partial charge in [-0.25, -0.2) is 4.79 Å². The van der Waals surface area contributed by atoms with Gasteiger partial charge in [-0.05, 0) is 25.1 Å². The number of ether oxygens (including phenoxy) is 3. The summed E-state index contributed by atoms with van der Waals surface area (Å²) in [5.41, 5.74) is 0.763. The lowest BCUT2D eigenvalue weighted by molar-refractivity contribution is -0.135. The zero-order chi connectivity index (χ0) is 23.1. The second-order valence-electron chi connectivity index (χ2n) is 6.63. The third-order valence-corrected chi connectivity index (χ3v) is 5.65. The van der Waals surface area contributed by atoms with Crippen molar-refractivity contribution in [1.82, 2.24) is 4.57 Å². The van der Waals surface area contributed by atoms with Gasteiger partial charge in [-0.15, -0.1) is 11.3 Å². The fraction of sp³-hybridized carbons (Fsp3) is 0.208. The number of aromatic nitrogens is 1. The molecule has 0 aliphatic heterocycles. The Kier molecular flexibility index (Phi) is 7.62. The molecule has 0 radical (unpaired) electrons. The van der Waals surface area contributed by atoms with Crippen LogP contribution in [0, 0.1) is 0 Å². The van der Waals surface area contributed by atoms with E-state index >= 15 is 0 Å². The maximum atomic E-state index is 13.2. The number of nitrogens with zero attached hydrogens (tertiary/aromatic N) is 1. The molecule has 2 aromatic carbocycles. The number of Topliss-reactive ketones (excluding diaryl/α,β-unsaturated/α-hetero) is 1. The van der Waals surface area contributed by atoms with Crippen molar-refractivity contribution in [3.05, 3.63) is 79.2 Å². The first-order valence-electron chi connectivity index (χ1n) is 9.87. The quantitative estimate of drug-likeness (QED) is 0.383. The highest BCUT2D eigenvalue weighted by Crippen LogP contribution is 2.24. The van der Waals surface area contributed by atoms with E-state index in [1.807, 2.05) is 6.07 Å². The van der Waals surface area contributed by atoms with Crippen molar-refractivity contribution in [2.45, 2.75) is 13.5 Å². The molecule has 1 heterocycles. The number of methoxy groups -OCH3 is 2. The average molecular weight is 454 g/mol. The van der Waals surface area contributed by atoms with Crippen LogP contribution in [0.3, 0.4) is 0 Å². The standard InChI is InChI=1S/C24H23NO6S/c1-4-31-23(27)14-22-25(15-19(26)16-8-6-5-7-9-16)24(28)21(32-22)12-17-10-11-18(29-2)13-20(17)30-3/h5-14H,4,15H2,1-3H3. The summed E-state index contributed by atoms with van der Waals surface area (Å²) in [6.45, 7) is 1.70. The molecule has 0 N–H and O–H groups in total. The molecule has 0 saturated carbocycles. The number of ketones is 1. The van der Waals surface area contributed by atoms with Crippen molar-refractivity contribution in [2.24, 2.45) is 0 Å². The summed E-state index contributed by atoms with van der Waals surface area (Å²) in [7, 11) is 3.08. The minimum absolute atomic E-state index is 0.196. The molecule has 8 heteroatoms. The molecule has 0 atom stereocenters. The van der Waals surface area contributed by atoms with E-state index in [1.54, 1.807) is 62.6 Å². The van der Waals surface area contributed by atoms with Gasteiger partial charge in [0.2, 0.25) is 0 Å². The summed E-state index contributed by atoms with van der Waals surface area (Å²) in [6, 6.07) is 13.9. The molecule has 0 bridgehead atoms. The molecule has 1 aromatic heterocycles. The molecule has 0 aliphatic carbocycles. The molecular formula is C24H23NO6S. The van der Waals surface area contributed by atoms with Crippen molar-refractivity contribution in [1.29, 1.82) is 0 Å². The van der Waals surface area contributed by atoms with Crippen molar-refractivity contribution < 1.29 is 23.8 Å². The van der Waals surface area contributed by atoms with Crippen LogP contribution in [0.25, 0.3) is 12.2 Å². The van der Waals surface area contributed by atoms with Crippen LogP contribution < -0.4 is 24.2 Å². The van der Waals surface area contributed by atoms with Gasteiger partial charge in [-0.3, -0.25) is 14.2 Å². The summed E-state index contributed by atoms with van der Waals surface area (Å²) in [5, 5.41) is 0. The Morgan fingerprint density at radius 1 is 1.06 bits per heavy atom. The van der Waals surface area contributed by atoms with Crippen LogP contribution in [-0.2, 0) is 16.1 Å². The first kappa shape index (κ1) is 23.0. The van der Waals surface area contributed by atoms with Crippen LogP contribution in [-0.4, -0.2) is 37.1 Å². The predicted octanol–water partition coefficient (Wildman–Crippen LogP) is 1.98. The summed E-state index contributed by atoms with van der Waals surface area (Å²) >= 11 is 1.10. The summed E-state index contributed by atoms with van der Waals surface area (Å²) in [5.74, 6) is 0.327. The predicted molar refractivity (Wildman–Crippen MR) is 123 cm³/mol. The number of hydrogen-bond donors (Lipinski definition) is 0. The molecule has 0 amide bonds. The molecule has 166 valence electrons. The lowest BCUT2D eigenvalue weighted by Gasteiger charge is -2.06. The van der Waals surface area contributed by atoms with E-state index in [0.29, 0.717) is 31.8 Å². The number of thiazole rings is 1. The molecule has 32 heavy (non-hydrogen) atoms. The van der Waals surface area contributed by atoms with Crippen LogP contribution in [0.4, 0.5) is 0 Å². The van der Waals surface area contributed by atoms with Crippen LogP contribution in [0.1, 0.15) is 22.8 Å². The summed E-state index contributed by atoms with van der Waals surface area (Å²) < 4.78 is 17.6. The van der Waals surface area contributed by atoms with Gasteiger partial charge in [0.25, 0.3) is 5.56 Å². The largest absolute Gasteiger partial charge is 0.497 e. The van der Waals surface area contributed by atoms with E-state index in [1.165, 1.54) is 17.8 Å². The zero-order valence-electron chi connectivity index (χ0n) is 18.0. The van der Waals surface area contributed by atoms with Gasteiger partial charge in [-0.1, -0.05) is 30.3 Å². The average Bonchev–Trinajstić information content (AvgIpc) is 3.08. The fourth-order valence-electron chi connectivity index (χ4n) is 3.02. The molecule has 0 spiro atoms. The van der Waals surface area contributed by atoms with Gasteiger partial charge < -0.3 is 14.2 Å². The number of esters is 1. The number of benzene rings is 2. The van der Waals surface area contributed by atoms with Gasteiger partial charge in [0.05, 0.1) is 38.0 Å². The van der Waals surface area contributed by atoms with Crippen LogP contribution in [0.15, 0.2) is 53.3 Å². The summed E-state index contributed by atoms with van der Waals surface area (Å²) in [4.78, 5) is 38.0. The van der Waals surface area contributed by atoms with E-state index < -0.39 is 5.97 Å². The Labute approximate surface area is 188 Å². The number of carbonyl (C=O) groups is 2. The van der Waals surface area contributed by atoms with Gasteiger partial charge in [-0.2, -0.15) is 0 Å². The molecule has 0 aliphatic rings. The number of carbonyl (C=O) groups excluding carboxylic acids is 2. The van der Waals surface area contributed by atoms with E-state index in [2.05, 4.69) is 0 Å². The second kappa shape index (κ2) is 10.6. The van der Waals surface area contributed by atoms with Crippen LogP contribution >= 0.6 is 11.3 Å². The zero-order valence-corrected chi connectivity index (χ0v) is 18.8. The van der Waals surface area contributed by atoms with Crippen molar-refractivity contribution in [2.75, 3.05) is 20.8 Å². The molecule has 3 aromatic rings.